The van der Waals surface area contributed by atoms with Crippen LogP contribution in [0.4, 0.5) is 16.5 Å². The molecule has 0 saturated heterocycles. The number of hydrogen-bond donors (Lipinski definition) is 4. The Morgan fingerprint density at radius 1 is 1.00 bits per heavy atom. The zero-order chi connectivity index (χ0) is 21.1. The Morgan fingerprint density at radius 3 is 2.33 bits per heavy atom. The lowest BCUT2D eigenvalue weighted by Crippen LogP contribution is -2.28. The molecule has 1 aliphatic carbocycles. The average molecular weight is 425 g/mol. The van der Waals surface area contributed by atoms with Crippen molar-refractivity contribution in [2.45, 2.75) is 44.8 Å². The van der Waals surface area contributed by atoms with Crippen molar-refractivity contribution in [3.8, 4) is 0 Å². The summed E-state index contributed by atoms with van der Waals surface area (Å²) < 4.78 is 0.946. The Morgan fingerprint density at radius 2 is 1.67 bits per heavy atom. The number of fused-ring (bicyclic) bond motifs is 1. The molecular formula is C22H24N4O3S. The second-order valence-electron chi connectivity index (χ2n) is 7.56. The topological polar surface area (TPSA) is 103 Å². The summed E-state index contributed by atoms with van der Waals surface area (Å²) in [6, 6.07) is 12.8. The van der Waals surface area contributed by atoms with Gasteiger partial charge in [-0.3, -0.25) is 9.59 Å². The van der Waals surface area contributed by atoms with Crippen LogP contribution in [0.25, 0.3) is 10.2 Å². The number of carbonyl (C=O) groups is 2. The number of aliphatic hydroxyl groups excluding tert-OH is 1. The highest BCUT2D eigenvalue weighted by molar-refractivity contribution is 7.22. The van der Waals surface area contributed by atoms with Crippen molar-refractivity contribution in [1.29, 1.82) is 0 Å². The first kappa shape index (κ1) is 20.3. The van der Waals surface area contributed by atoms with Crippen LogP contribution in [0.15, 0.2) is 42.5 Å². The number of anilines is 3. The summed E-state index contributed by atoms with van der Waals surface area (Å²) in [5, 5.41) is 19.5. The van der Waals surface area contributed by atoms with Gasteiger partial charge in [0.1, 0.15) is 0 Å². The maximum absolute atomic E-state index is 12.6. The fourth-order valence-corrected chi connectivity index (χ4v) is 4.55. The molecule has 4 rings (SSSR count). The van der Waals surface area contributed by atoms with Gasteiger partial charge >= 0.3 is 0 Å². The van der Waals surface area contributed by atoms with Gasteiger partial charge in [0.25, 0.3) is 5.91 Å². The third-order valence-electron chi connectivity index (χ3n) is 5.14. The van der Waals surface area contributed by atoms with Crippen LogP contribution in [0.3, 0.4) is 0 Å². The molecule has 1 aromatic heterocycles. The van der Waals surface area contributed by atoms with Gasteiger partial charge < -0.3 is 21.1 Å². The molecule has 30 heavy (non-hydrogen) atoms. The molecule has 156 valence electrons. The third-order valence-corrected chi connectivity index (χ3v) is 6.09. The number of amides is 2. The number of aromatic nitrogens is 1. The molecule has 4 N–H and O–H groups in total. The Kier molecular flexibility index (Phi) is 5.96. The number of nitrogens with zero attached hydrogens (tertiary/aromatic N) is 1. The summed E-state index contributed by atoms with van der Waals surface area (Å²) in [7, 11) is 0. The quantitative estimate of drug-likeness (QED) is 0.491. The van der Waals surface area contributed by atoms with E-state index in [1.54, 1.807) is 30.3 Å². The maximum Gasteiger partial charge on any atom is 0.255 e. The lowest BCUT2D eigenvalue weighted by molar-refractivity contribution is -0.114. The van der Waals surface area contributed by atoms with Crippen molar-refractivity contribution in [3.63, 3.8) is 0 Å². The fourth-order valence-electron chi connectivity index (χ4n) is 3.57. The molecule has 3 aromatic rings. The average Bonchev–Trinajstić information content (AvgIpc) is 3.12. The van der Waals surface area contributed by atoms with Gasteiger partial charge in [0, 0.05) is 29.9 Å². The zero-order valence-corrected chi connectivity index (χ0v) is 17.5. The van der Waals surface area contributed by atoms with Gasteiger partial charge in [0.05, 0.1) is 16.3 Å². The van der Waals surface area contributed by atoms with Crippen LogP contribution >= 0.6 is 11.3 Å². The van der Waals surface area contributed by atoms with Crippen LogP contribution in [-0.4, -0.2) is 34.1 Å². The van der Waals surface area contributed by atoms with E-state index < -0.39 is 0 Å². The molecule has 0 aliphatic heterocycles. The van der Waals surface area contributed by atoms with Gasteiger partial charge in [-0.05, 0) is 68.1 Å². The zero-order valence-electron chi connectivity index (χ0n) is 16.6. The van der Waals surface area contributed by atoms with E-state index in [9.17, 15) is 14.7 Å². The molecule has 7 nitrogen and oxygen atoms in total. The van der Waals surface area contributed by atoms with Gasteiger partial charge in [-0.15, -0.1) is 0 Å². The molecule has 0 unspecified atom stereocenters. The summed E-state index contributed by atoms with van der Waals surface area (Å²) >= 11 is 1.53. The van der Waals surface area contributed by atoms with Gasteiger partial charge in [0.2, 0.25) is 5.91 Å². The van der Waals surface area contributed by atoms with Gasteiger partial charge in [-0.1, -0.05) is 11.3 Å². The van der Waals surface area contributed by atoms with E-state index in [0.29, 0.717) is 23.0 Å². The van der Waals surface area contributed by atoms with Crippen molar-refractivity contribution in [3.05, 3.63) is 48.0 Å². The molecule has 2 aromatic carbocycles. The molecule has 0 bridgehead atoms. The second-order valence-corrected chi connectivity index (χ2v) is 8.59. The summed E-state index contributed by atoms with van der Waals surface area (Å²) in [5.41, 5.74) is 2.75. The lowest BCUT2D eigenvalue weighted by Gasteiger charge is -2.25. The molecule has 1 fully saturated rings. The van der Waals surface area contributed by atoms with E-state index >= 15 is 0 Å². The Hall–Kier alpha value is -2.97. The highest BCUT2D eigenvalue weighted by atomic mass is 32.1. The first-order chi connectivity index (χ1) is 14.5. The molecule has 0 radical (unpaired) electrons. The molecule has 2 amide bonds. The Bertz CT molecular complexity index is 1060. The SMILES string of the molecule is CC(=O)Nc1ccc(NC(=O)c2ccc3nc(NC4CCC(O)CC4)sc3c2)cc1. The minimum atomic E-state index is -0.201. The van der Waals surface area contributed by atoms with Crippen LogP contribution in [0.5, 0.6) is 0 Å². The summed E-state index contributed by atoms with van der Waals surface area (Å²) in [6.45, 7) is 1.45. The maximum atomic E-state index is 12.6. The molecule has 0 atom stereocenters. The third kappa shape index (κ3) is 4.95. The number of rotatable bonds is 5. The first-order valence-electron chi connectivity index (χ1n) is 10.0. The van der Waals surface area contributed by atoms with E-state index in [0.717, 1.165) is 41.0 Å². The van der Waals surface area contributed by atoms with Crippen molar-refractivity contribution >= 4 is 49.9 Å². The molecule has 1 heterocycles. The summed E-state index contributed by atoms with van der Waals surface area (Å²) in [6.07, 6.45) is 3.33. The molecule has 0 spiro atoms. The van der Waals surface area contributed by atoms with Crippen LogP contribution < -0.4 is 16.0 Å². The van der Waals surface area contributed by atoms with Gasteiger partial charge in [0.15, 0.2) is 5.13 Å². The van der Waals surface area contributed by atoms with Crippen LogP contribution in [-0.2, 0) is 4.79 Å². The Balaban J connectivity index is 1.42. The van der Waals surface area contributed by atoms with E-state index in [-0.39, 0.29) is 17.9 Å². The smallest absolute Gasteiger partial charge is 0.255 e. The molecule has 1 saturated carbocycles. The normalized spacial score (nSPS) is 18.7. The Labute approximate surface area is 178 Å². The van der Waals surface area contributed by atoms with E-state index in [1.165, 1.54) is 18.3 Å². The predicted octanol–water partition coefficient (Wildman–Crippen LogP) is 4.22. The highest BCUT2D eigenvalue weighted by Crippen LogP contribution is 2.30. The summed E-state index contributed by atoms with van der Waals surface area (Å²) in [5.74, 6) is -0.340. The monoisotopic (exact) mass is 424 g/mol. The summed E-state index contributed by atoms with van der Waals surface area (Å²) in [4.78, 5) is 28.4. The first-order valence-corrected chi connectivity index (χ1v) is 10.8. The minimum Gasteiger partial charge on any atom is -0.393 e. The van der Waals surface area contributed by atoms with Crippen LogP contribution in [0, 0.1) is 0 Å². The van der Waals surface area contributed by atoms with Crippen molar-refractivity contribution in [1.82, 2.24) is 4.98 Å². The number of hydrogen-bond acceptors (Lipinski definition) is 6. The standard InChI is InChI=1S/C22H24N4O3S/c1-13(27)23-15-3-5-16(6-4-15)24-21(29)14-2-11-19-20(12-14)30-22(26-19)25-17-7-9-18(28)10-8-17/h2-6,11-12,17-18,28H,7-10H2,1H3,(H,23,27)(H,24,29)(H,25,26). The molecule has 8 heteroatoms. The number of nitrogens with one attached hydrogen (secondary N) is 3. The molecule has 1 aliphatic rings. The number of thiazole rings is 1. The van der Waals surface area contributed by atoms with E-state index in [4.69, 9.17) is 0 Å². The largest absolute Gasteiger partial charge is 0.393 e. The fraction of sp³-hybridized carbons (Fsp3) is 0.318. The van der Waals surface area contributed by atoms with E-state index in [2.05, 4.69) is 20.9 Å². The van der Waals surface area contributed by atoms with Crippen LogP contribution in [0.1, 0.15) is 43.0 Å². The van der Waals surface area contributed by atoms with Crippen LogP contribution in [0.2, 0.25) is 0 Å². The van der Waals surface area contributed by atoms with Crippen molar-refractivity contribution in [2.75, 3.05) is 16.0 Å². The minimum absolute atomic E-state index is 0.139. The highest BCUT2D eigenvalue weighted by Gasteiger charge is 2.20. The number of aliphatic hydroxyl groups is 1. The van der Waals surface area contributed by atoms with E-state index in [1.807, 2.05) is 12.1 Å². The number of benzene rings is 2. The lowest BCUT2D eigenvalue weighted by atomic mass is 9.93. The van der Waals surface area contributed by atoms with Crippen molar-refractivity contribution < 1.29 is 14.7 Å². The van der Waals surface area contributed by atoms with Gasteiger partial charge in [-0.25, -0.2) is 4.98 Å². The van der Waals surface area contributed by atoms with Gasteiger partial charge in [-0.2, -0.15) is 0 Å². The molecular weight excluding hydrogens is 400 g/mol. The second kappa shape index (κ2) is 8.81. The predicted molar refractivity (Wildman–Crippen MR) is 120 cm³/mol. The van der Waals surface area contributed by atoms with Crippen molar-refractivity contribution in [2.24, 2.45) is 0 Å². The number of carbonyl (C=O) groups excluding carboxylic acids is 2.